The van der Waals surface area contributed by atoms with E-state index in [0.29, 0.717) is 19.3 Å². The molecule has 0 aliphatic rings. The van der Waals surface area contributed by atoms with E-state index in [1.807, 2.05) is 69.2 Å². The maximum Gasteiger partial charge on any atom is 0.311 e. The Morgan fingerprint density at radius 2 is 0.810 bits per heavy atom. The highest BCUT2D eigenvalue weighted by Gasteiger charge is 2.29. The van der Waals surface area contributed by atoms with Gasteiger partial charge in [-0.3, -0.25) is 19.2 Å². The monoisotopic (exact) mass is 625 g/mol. The summed E-state index contributed by atoms with van der Waals surface area (Å²) in [6, 6.07) is 0. The lowest BCUT2D eigenvalue weighted by Gasteiger charge is -2.22. The van der Waals surface area contributed by atoms with Crippen LogP contribution >= 0.6 is 0 Å². The van der Waals surface area contributed by atoms with Gasteiger partial charge in [0.2, 0.25) is 0 Å². The molecule has 0 aliphatic heterocycles. The van der Waals surface area contributed by atoms with Crippen LogP contribution in [0.5, 0.6) is 0 Å². The third kappa shape index (κ3) is 19.8. The molecule has 12 heteroatoms. The fourth-order valence-corrected chi connectivity index (χ4v) is 2.58. The van der Waals surface area contributed by atoms with Gasteiger partial charge < -0.3 is 23.5 Å². The third-order valence-corrected chi connectivity index (χ3v) is 8.04. The van der Waals surface area contributed by atoms with Crippen molar-refractivity contribution in [3.05, 3.63) is 0 Å². The van der Waals surface area contributed by atoms with Crippen molar-refractivity contribution in [3.63, 3.8) is 0 Å². The van der Waals surface area contributed by atoms with E-state index in [4.69, 9.17) is 14.2 Å². The molecular formula is C30H57O11S-. The highest BCUT2D eigenvalue weighted by Crippen LogP contribution is 2.23. The summed E-state index contributed by atoms with van der Waals surface area (Å²) >= 11 is 0. The molecule has 0 heterocycles. The first-order valence-corrected chi connectivity index (χ1v) is 16.0. The summed E-state index contributed by atoms with van der Waals surface area (Å²) < 4.78 is 50.3. The lowest BCUT2D eigenvalue weighted by molar-refractivity contribution is -0.163. The molecule has 0 aromatic carbocycles. The zero-order valence-corrected chi connectivity index (χ0v) is 29.1. The summed E-state index contributed by atoms with van der Waals surface area (Å²) in [6.07, 6.45) is 2.95. The number of rotatable bonds is 15. The minimum atomic E-state index is -4.20. The van der Waals surface area contributed by atoms with Crippen LogP contribution in [0.2, 0.25) is 0 Å². The summed E-state index contributed by atoms with van der Waals surface area (Å²) in [4.78, 5) is 45.5. The average molecular weight is 626 g/mol. The number of esters is 4. The second kappa shape index (κ2) is 19.9. The Kier molecular flexibility index (Phi) is 20.9. The first-order valence-electron chi connectivity index (χ1n) is 14.4. The van der Waals surface area contributed by atoms with Crippen LogP contribution in [-0.2, 0) is 48.2 Å². The predicted octanol–water partition coefficient (Wildman–Crippen LogP) is 5.44. The van der Waals surface area contributed by atoms with Gasteiger partial charge in [0.25, 0.3) is 0 Å². The molecule has 0 bridgehead atoms. The lowest BCUT2D eigenvalue weighted by atomic mass is 9.90. The molecule has 0 radical (unpaired) electrons. The molecule has 0 saturated carbocycles. The first kappa shape index (κ1) is 44.2. The highest BCUT2D eigenvalue weighted by molar-refractivity contribution is 7.85. The predicted molar refractivity (Wildman–Crippen MR) is 160 cm³/mol. The van der Waals surface area contributed by atoms with E-state index in [1.54, 1.807) is 13.8 Å². The fraction of sp³-hybridized carbons (Fsp3) is 0.867. The number of methoxy groups -OCH3 is 1. The molecule has 0 aromatic rings. The van der Waals surface area contributed by atoms with Crippen molar-refractivity contribution in [2.24, 2.45) is 21.7 Å². The van der Waals surface area contributed by atoms with Crippen molar-refractivity contribution in [1.29, 1.82) is 0 Å². The number of hydrogen-bond acceptors (Lipinski definition) is 11. The summed E-state index contributed by atoms with van der Waals surface area (Å²) in [5.74, 6) is -1.50. The summed E-state index contributed by atoms with van der Waals surface area (Å²) in [7, 11) is -2.79. The van der Waals surface area contributed by atoms with Crippen molar-refractivity contribution >= 4 is 34.0 Å². The van der Waals surface area contributed by atoms with E-state index in [1.165, 1.54) is 7.11 Å². The molecule has 11 nitrogen and oxygen atoms in total. The molecule has 0 spiro atoms. The van der Waals surface area contributed by atoms with E-state index in [2.05, 4.69) is 4.74 Å². The number of ether oxygens (including phenoxy) is 4. The van der Waals surface area contributed by atoms with Crippen LogP contribution in [0.15, 0.2) is 0 Å². The topological polar surface area (TPSA) is 162 Å². The molecule has 0 unspecified atom stereocenters. The first-order chi connectivity index (χ1) is 18.9. The van der Waals surface area contributed by atoms with Gasteiger partial charge in [0, 0.05) is 5.75 Å². The Hall–Kier alpha value is -2.21. The van der Waals surface area contributed by atoms with Crippen molar-refractivity contribution in [2.75, 3.05) is 32.7 Å². The van der Waals surface area contributed by atoms with Gasteiger partial charge in [-0.25, -0.2) is 8.42 Å². The van der Waals surface area contributed by atoms with Crippen LogP contribution in [0.1, 0.15) is 115 Å². The standard InChI is InChI=1S/C14H26O4.C9H18O5S.C7H14O2/c1-7-13(3,4)11(15)17-9-10-18-12(16)14(5,6)8-2;1-4-9(2,3)8(10)14-6-5-7-15(11,12)13;1-5-7(2,3)6(8)9-4/h7-10H2,1-6H3;4-7H2,1-3H3,(H,11,12,13);5H2,1-4H3/p-1. The maximum absolute atomic E-state index is 11.6. The molecular weight excluding hydrogens is 568 g/mol. The smallest absolute Gasteiger partial charge is 0.311 e. The average Bonchev–Trinajstić information content (AvgIpc) is 2.92. The molecule has 0 aromatic heterocycles. The SMILES string of the molecule is CCC(C)(C)C(=O)OC.CCC(C)(C)C(=O)OCCCS(=O)(=O)[O-].CCC(C)(C)C(=O)OCCOC(=O)C(C)(C)CC. The second-order valence-electron chi connectivity index (χ2n) is 12.5. The molecule has 0 N–H and O–H groups in total. The zero-order chi connectivity index (χ0) is 34.0. The van der Waals surface area contributed by atoms with Crippen LogP contribution in [0.25, 0.3) is 0 Å². The van der Waals surface area contributed by atoms with Gasteiger partial charge in [-0.2, -0.15) is 0 Å². The molecule has 0 amide bonds. The molecule has 0 atom stereocenters. The Bertz CT molecular complexity index is 903. The third-order valence-electron chi connectivity index (χ3n) is 7.25. The Morgan fingerprint density at radius 1 is 0.548 bits per heavy atom. The van der Waals surface area contributed by atoms with Crippen molar-refractivity contribution in [1.82, 2.24) is 0 Å². The Labute approximate surface area is 254 Å². The van der Waals surface area contributed by atoms with Crippen LogP contribution < -0.4 is 0 Å². The van der Waals surface area contributed by atoms with E-state index >= 15 is 0 Å². The minimum Gasteiger partial charge on any atom is -0.748 e. The minimum absolute atomic E-state index is 0.0241. The normalized spacial score (nSPS) is 12.0. The Morgan fingerprint density at radius 3 is 1.02 bits per heavy atom. The summed E-state index contributed by atoms with van der Waals surface area (Å²) in [5.41, 5.74) is -1.83. The van der Waals surface area contributed by atoms with Crippen LogP contribution in [-0.4, -0.2) is 69.5 Å². The lowest BCUT2D eigenvalue weighted by Crippen LogP contribution is -2.29. The van der Waals surface area contributed by atoms with Crippen molar-refractivity contribution in [2.45, 2.75) is 115 Å². The van der Waals surface area contributed by atoms with E-state index in [9.17, 15) is 32.1 Å². The van der Waals surface area contributed by atoms with E-state index < -0.39 is 32.1 Å². The zero-order valence-electron chi connectivity index (χ0n) is 28.3. The summed E-state index contributed by atoms with van der Waals surface area (Å²) in [6.45, 7) is 22.5. The highest BCUT2D eigenvalue weighted by atomic mass is 32.2. The molecule has 250 valence electrons. The Balaban J connectivity index is -0.000000573. The number of carbonyl (C=O) groups is 4. The van der Waals surface area contributed by atoms with Crippen molar-refractivity contribution < 1.29 is 51.1 Å². The van der Waals surface area contributed by atoms with Crippen LogP contribution in [0, 0.1) is 21.7 Å². The van der Waals surface area contributed by atoms with Crippen molar-refractivity contribution in [3.8, 4) is 0 Å². The van der Waals surface area contributed by atoms with Gasteiger partial charge in [-0.05, 0) is 87.5 Å². The van der Waals surface area contributed by atoms with Gasteiger partial charge in [-0.15, -0.1) is 0 Å². The van der Waals surface area contributed by atoms with Gasteiger partial charge >= 0.3 is 23.9 Å². The largest absolute Gasteiger partial charge is 0.748 e. The van der Waals surface area contributed by atoms with Gasteiger partial charge in [0.1, 0.15) is 13.2 Å². The molecule has 42 heavy (non-hydrogen) atoms. The fourth-order valence-electron chi connectivity index (χ4n) is 2.11. The molecule has 0 saturated heterocycles. The van der Waals surface area contributed by atoms with Crippen LogP contribution in [0.3, 0.4) is 0 Å². The van der Waals surface area contributed by atoms with E-state index in [0.717, 1.165) is 6.42 Å². The van der Waals surface area contributed by atoms with Gasteiger partial charge in [0.15, 0.2) is 0 Å². The van der Waals surface area contributed by atoms with Crippen LogP contribution in [0.4, 0.5) is 0 Å². The number of carbonyl (C=O) groups excluding carboxylic acids is 4. The van der Waals surface area contributed by atoms with Gasteiger partial charge in [0.05, 0.1) is 45.5 Å². The molecule has 0 rings (SSSR count). The molecule has 0 fully saturated rings. The maximum atomic E-state index is 11.6. The van der Waals surface area contributed by atoms with Gasteiger partial charge in [-0.1, -0.05) is 27.7 Å². The van der Waals surface area contributed by atoms with E-state index in [-0.39, 0.29) is 55.5 Å². The summed E-state index contributed by atoms with van der Waals surface area (Å²) in [5, 5.41) is 0. The second-order valence-corrected chi connectivity index (χ2v) is 14.0. The molecule has 0 aliphatic carbocycles. The number of hydrogen-bond donors (Lipinski definition) is 0. The quantitative estimate of drug-likeness (QED) is 0.0985.